The summed E-state index contributed by atoms with van der Waals surface area (Å²) in [7, 11) is 1.76. The Kier molecular flexibility index (Phi) is 4.81. The van der Waals surface area contributed by atoms with Crippen LogP contribution in [0, 0.1) is 0 Å². The normalized spacial score (nSPS) is 10.4. The summed E-state index contributed by atoms with van der Waals surface area (Å²) < 4.78 is 0. The molecule has 0 radical (unpaired) electrons. The van der Waals surface area contributed by atoms with Crippen LogP contribution in [0.3, 0.4) is 0 Å². The summed E-state index contributed by atoms with van der Waals surface area (Å²) in [5.41, 5.74) is 8.15. The Morgan fingerprint density at radius 1 is 1.29 bits per heavy atom. The van der Waals surface area contributed by atoms with Crippen molar-refractivity contribution in [3.8, 4) is 0 Å². The number of nitrogens with two attached hydrogens (primary N) is 1. The first-order valence-corrected chi connectivity index (χ1v) is 7.13. The molecule has 1 aromatic carbocycles. The zero-order valence-corrected chi connectivity index (χ0v) is 12.9. The molecule has 0 aliphatic heterocycles. The summed E-state index contributed by atoms with van der Waals surface area (Å²) in [6, 6.07) is 10.8. The molecule has 2 aromatic rings. The van der Waals surface area contributed by atoms with E-state index in [-0.39, 0.29) is 5.91 Å². The van der Waals surface area contributed by atoms with Crippen LogP contribution >= 0.6 is 11.6 Å². The first-order chi connectivity index (χ1) is 9.99. The molecular formula is C16H18ClN3O. The van der Waals surface area contributed by atoms with Crippen molar-refractivity contribution in [2.24, 2.45) is 0 Å². The van der Waals surface area contributed by atoms with Gasteiger partial charge in [0.25, 0.3) is 5.91 Å². The van der Waals surface area contributed by atoms with Gasteiger partial charge in [0.2, 0.25) is 0 Å². The van der Waals surface area contributed by atoms with Crippen LogP contribution in [0.2, 0.25) is 5.02 Å². The third kappa shape index (κ3) is 3.95. The van der Waals surface area contributed by atoms with Crippen LogP contribution in [0.1, 0.15) is 28.5 Å². The van der Waals surface area contributed by atoms with E-state index in [1.165, 1.54) is 0 Å². The van der Waals surface area contributed by atoms with E-state index >= 15 is 0 Å². The minimum absolute atomic E-state index is 0.0752. The Bertz CT molecular complexity index is 640. The molecule has 2 N–H and O–H groups in total. The zero-order chi connectivity index (χ0) is 15.4. The molecule has 0 unspecified atom stereocenters. The molecule has 1 aromatic heterocycles. The van der Waals surface area contributed by atoms with Crippen LogP contribution in [0.15, 0.2) is 36.4 Å². The van der Waals surface area contributed by atoms with E-state index in [9.17, 15) is 4.79 Å². The molecule has 0 atom stereocenters. The molecule has 0 saturated carbocycles. The van der Waals surface area contributed by atoms with E-state index in [4.69, 9.17) is 17.3 Å². The van der Waals surface area contributed by atoms with Crippen molar-refractivity contribution in [1.29, 1.82) is 0 Å². The van der Waals surface area contributed by atoms with Crippen molar-refractivity contribution in [2.45, 2.75) is 19.9 Å². The molecule has 21 heavy (non-hydrogen) atoms. The molecule has 0 aliphatic carbocycles. The molecule has 0 fully saturated rings. The second-order valence-electron chi connectivity index (χ2n) is 4.91. The topological polar surface area (TPSA) is 59.2 Å². The third-order valence-corrected chi connectivity index (χ3v) is 3.44. The molecule has 0 spiro atoms. The minimum Gasteiger partial charge on any atom is -0.384 e. The number of anilines is 1. The fourth-order valence-electron chi connectivity index (χ4n) is 2.07. The maximum Gasteiger partial charge on any atom is 0.254 e. The lowest BCUT2D eigenvalue weighted by Crippen LogP contribution is -2.26. The summed E-state index contributed by atoms with van der Waals surface area (Å²) in [5, 5.41) is 0.683. The second-order valence-corrected chi connectivity index (χ2v) is 5.35. The van der Waals surface area contributed by atoms with Crippen LogP contribution in [0.5, 0.6) is 0 Å². The molecule has 0 aliphatic rings. The highest BCUT2D eigenvalue weighted by Crippen LogP contribution is 2.14. The number of carbonyl (C=O) groups is 1. The fraction of sp³-hybridized carbons (Fsp3) is 0.250. The first kappa shape index (κ1) is 15.3. The number of pyridine rings is 1. The first-order valence-electron chi connectivity index (χ1n) is 6.76. The largest absolute Gasteiger partial charge is 0.384 e. The van der Waals surface area contributed by atoms with E-state index in [1.807, 2.05) is 31.2 Å². The Balaban J connectivity index is 2.15. The SMILES string of the molecule is CCc1cc(C(=O)N(C)Cc2ccc(Cl)cc2)cc(N)n1. The van der Waals surface area contributed by atoms with Gasteiger partial charge in [-0.25, -0.2) is 4.98 Å². The van der Waals surface area contributed by atoms with Crippen LogP contribution < -0.4 is 5.73 Å². The molecule has 5 heteroatoms. The number of carbonyl (C=O) groups excluding carboxylic acids is 1. The van der Waals surface area contributed by atoms with Crippen molar-refractivity contribution in [3.63, 3.8) is 0 Å². The Morgan fingerprint density at radius 2 is 1.95 bits per heavy atom. The van der Waals surface area contributed by atoms with Gasteiger partial charge in [-0.15, -0.1) is 0 Å². The van der Waals surface area contributed by atoms with Gasteiger partial charge in [0, 0.05) is 29.9 Å². The number of hydrogen-bond acceptors (Lipinski definition) is 3. The molecule has 0 bridgehead atoms. The number of nitrogens with zero attached hydrogens (tertiary/aromatic N) is 2. The van der Waals surface area contributed by atoms with Crippen molar-refractivity contribution >= 4 is 23.3 Å². The van der Waals surface area contributed by atoms with Crippen molar-refractivity contribution in [3.05, 3.63) is 58.2 Å². The highest BCUT2D eigenvalue weighted by atomic mass is 35.5. The van der Waals surface area contributed by atoms with Crippen molar-refractivity contribution < 1.29 is 4.79 Å². The van der Waals surface area contributed by atoms with E-state index in [0.717, 1.165) is 17.7 Å². The lowest BCUT2D eigenvalue weighted by Gasteiger charge is -2.18. The molecule has 1 amide bonds. The minimum atomic E-state index is -0.0752. The molecular weight excluding hydrogens is 286 g/mol. The van der Waals surface area contributed by atoms with Crippen LogP contribution in [-0.2, 0) is 13.0 Å². The van der Waals surface area contributed by atoms with Gasteiger partial charge in [0.1, 0.15) is 5.82 Å². The van der Waals surface area contributed by atoms with Gasteiger partial charge in [-0.1, -0.05) is 30.7 Å². The number of benzene rings is 1. The standard InChI is InChI=1S/C16H18ClN3O/c1-3-14-8-12(9-15(18)19-14)16(21)20(2)10-11-4-6-13(17)7-5-11/h4-9H,3,10H2,1-2H3,(H2,18,19). The van der Waals surface area contributed by atoms with E-state index in [2.05, 4.69) is 4.98 Å². The van der Waals surface area contributed by atoms with Crippen LogP contribution in [-0.4, -0.2) is 22.8 Å². The van der Waals surface area contributed by atoms with Crippen molar-refractivity contribution in [1.82, 2.24) is 9.88 Å². The second kappa shape index (κ2) is 6.59. The van der Waals surface area contributed by atoms with Crippen LogP contribution in [0.25, 0.3) is 0 Å². The summed E-state index contributed by atoms with van der Waals surface area (Å²) in [5.74, 6) is 0.298. The van der Waals surface area contributed by atoms with Gasteiger partial charge in [-0.3, -0.25) is 4.79 Å². The van der Waals surface area contributed by atoms with Gasteiger partial charge >= 0.3 is 0 Å². The molecule has 4 nitrogen and oxygen atoms in total. The predicted molar refractivity (Wildman–Crippen MR) is 85.3 cm³/mol. The molecule has 1 heterocycles. The van der Waals surface area contributed by atoms with Gasteiger partial charge in [0.05, 0.1) is 0 Å². The summed E-state index contributed by atoms with van der Waals surface area (Å²) in [6.07, 6.45) is 0.742. The Morgan fingerprint density at radius 3 is 2.57 bits per heavy atom. The number of nitrogen functional groups attached to an aromatic ring is 1. The monoisotopic (exact) mass is 303 g/mol. The number of aromatic nitrogens is 1. The van der Waals surface area contributed by atoms with E-state index in [1.54, 1.807) is 24.1 Å². The average Bonchev–Trinajstić information content (AvgIpc) is 2.48. The summed E-state index contributed by atoms with van der Waals surface area (Å²) in [4.78, 5) is 18.3. The number of aryl methyl sites for hydroxylation is 1. The highest BCUT2D eigenvalue weighted by Gasteiger charge is 2.14. The summed E-state index contributed by atoms with van der Waals surface area (Å²) in [6.45, 7) is 2.49. The summed E-state index contributed by atoms with van der Waals surface area (Å²) >= 11 is 5.86. The van der Waals surface area contributed by atoms with Crippen LogP contribution in [0.4, 0.5) is 5.82 Å². The van der Waals surface area contributed by atoms with Crippen molar-refractivity contribution in [2.75, 3.05) is 12.8 Å². The number of rotatable bonds is 4. The predicted octanol–water partition coefficient (Wildman–Crippen LogP) is 3.15. The van der Waals surface area contributed by atoms with Gasteiger partial charge in [-0.05, 0) is 36.2 Å². The number of amides is 1. The zero-order valence-electron chi connectivity index (χ0n) is 12.1. The number of halogens is 1. The maximum absolute atomic E-state index is 12.5. The van der Waals surface area contributed by atoms with Gasteiger partial charge in [0.15, 0.2) is 0 Å². The van der Waals surface area contributed by atoms with E-state index < -0.39 is 0 Å². The Labute approximate surface area is 129 Å². The highest BCUT2D eigenvalue weighted by molar-refractivity contribution is 6.30. The molecule has 110 valence electrons. The smallest absolute Gasteiger partial charge is 0.254 e. The van der Waals surface area contributed by atoms with E-state index in [0.29, 0.717) is 22.9 Å². The maximum atomic E-state index is 12.5. The lowest BCUT2D eigenvalue weighted by atomic mass is 10.1. The Hall–Kier alpha value is -2.07. The van der Waals surface area contributed by atoms with Gasteiger partial charge < -0.3 is 10.6 Å². The average molecular weight is 304 g/mol. The lowest BCUT2D eigenvalue weighted by molar-refractivity contribution is 0.0785. The molecule has 0 saturated heterocycles. The quantitative estimate of drug-likeness (QED) is 0.944. The third-order valence-electron chi connectivity index (χ3n) is 3.19. The van der Waals surface area contributed by atoms with Gasteiger partial charge in [-0.2, -0.15) is 0 Å². The fourth-order valence-corrected chi connectivity index (χ4v) is 2.20. The number of hydrogen-bond donors (Lipinski definition) is 1. The molecule has 2 rings (SSSR count).